The number of hydrogen-bond acceptors (Lipinski definition) is 2. The molecule has 1 aliphatic rings. The van der Waals surface area contributed by atoms with Crippen molar-refractivity contribution in [3.05, 3.63) is 35.0 Å². The fourth-order valence-electron chi connectivity index (χ4n) is 2.59. The van der Waals surface area contributed by atoms with Gasteiger partial charge in [-0.2, -0.15) is 0 Å². The quantitative estimate of drug-likeness (QED) is 0.757. The summed E-state index contributed by atoms with van der Waals surface area (Å²) in [5, 5.41) is 2.17. The highest BCUT2D eigenvalue weighted by atomic mass is 32.2. The SMILES string of the molecule is CS/C=C(/C)c1cc(C2CCCCC2)ccn1. The Morgan fingerprint density at radius 2 is 2.12 bits per heavy atom. The first-order chi connectivity index (χ1) is 8.31. The maximum Gasteiger partial charge on any atom is 0.0666 e. The first-order valence-electron chi connectivity index (χ1n) is 6.47. The van der Waals surface area contributed by atoms with Crippen molar-refractivity contribution in [3.8, 4) is 0 Å². The van der Waals surface area contributed by atoms with Crippen LogP contribution in [0, 0.1) is 0 Å². The van der Waals surface area contributed by atoms with E-state index < -0.39 is 0 Å². The minimum Gasteiger partial charge on any atom is -0.257 e. The average molecular weight is 247 g/mol. The fraction of sp³-hybridized carbons (Fsp3) is 0.533. The third kappa shape index (κ3) is 3.35. The zero-order valence-electron chi connectivity index (χ0n) is 10.8. The topological polar surface area (TPSA) is 12.9 Å². The third-order valence-corrected chi connectivity index (χ3v) is 4.15. The Morgan fingerprint density at radius 3 is 2.82 bits per heavy atom. The van der Waals surface area contributed by atoms with E-state index in [1.165, 1.54) is 43.2 Å². The lowest BCUT2D eigenvalue weighted by atomic mass is 9.84. The molecule has 92 valence electrons. The van der Waals surface area contributed by atoms with Crippen LogP contribution in [0.25, 0.3) is 5.57 Å². The van der Waals surface area contributed by atoms with E-state index in [2.05, 4.69) is 35.7 Å². The monoisotopic (exact) mass is 247 g/mol. The van der Waals surface area contributed by atoms with Crippen molar-refractivity contribution in [2.45, 2.75) is 44.9 Å². The Labute approximate surface area is 109 Å². The van der Waals surface area contributed by atoms with E-state index in [1.807, 2.05) is 6.20 Å². The standard InChI is InChI=1S/C15H21NS/c1-12(11-17-2)15-10-14(8-9-16-15)13-6-4-3-5-7-13/h8-11,13H,3-7H2,1-2H3/b12-11-. The Hall–Kier alpha value is -0.760. The number of pyridine rings is 1. The molecule has 0 spiro atoms. The van der Waals surface area contributed by atoms with Crippen molar-refractivity contribution in [2.24, 2.45) is 0 Å². The first-order valence-corrected chi connectivity index (χ1v) is 7.76. The van der Waals surface area contributed by atoms with Gasteiger partial charge < -0.3 is 0 Å². The van der Waals surface area contributed by atoms with Crippen LogP contribution in [0.2, 0.25) is 0 Å². The molecular formula is C15H21NS. The Morgan fingerprint density at radius 1 is 1.35 bits per heavy atom. The van der Waals surface area contributed by atoms with Gasteiger partial charge in [0.15, 0.2) is 0 Å². The number of aromatic nitrogens is 1. The molecule has 1 aliphatic carbocycles. The molecular weight excluding hydrogens is 226 g/mol. The van der Waals surface area contributed by atoms with E-state index in [9.17, 15) is 0 Å². The molecule has 1 nitrogen and oxygen atoms in total. The van der Waals surface area contributed by atoms with E-state index in [0.717, 1.165) is 11.6 Å². The molecule has 2 rings (SSSR count). The lowest BCUT2D eigenvalue weighted by Gasteiger charge is -2.22. The van der Waals surface area contributed by atoms with E-state index in [4.69, 9.17) is 0 Å². The van der Waals surface area contributed by atoms with Crippen LogP contribution in [-0.2, 0) is 0 Å². The second-order valence-electron chi connectivity index (χ2n) is 4.85. The van der Waals surface area contributed by atoms with Crippen molar-refractivity contribution in [2.75, 3.05) is 6.26 Å². The molecule has 0 N–H and O–H groups in total. The minimum absolute atomic E-state index is 0.771. The molecule has 17 heavy (non-hydrogen) atoms. The Kier molecular flexibility index (Phi) is 4.66. The van der Waals surface area contributed by atoms with Crippen LogP contribution in [0.1, 0.15) is 56.2 Å². The maximum atomic E-state index is 4.47. The smallest absolute Gasteiger partial charge is 0.0666 e. The van der Waals surface area contributed by atoms with Crippen molar-refractivity contribution < 1.29 is 0 Å². The first kappa shape index (κ1) is 12.7. The van der Waals surface area contributed by atoms with Crippen LogP contribution in [0.15, 0.2) is 23.7 Å². The van der Waals surface area contributed by atoms with Gasteiger partial charge in [-0.3, -0.25) is 4.98 Å². The summed E-state index contributed by atoms with van der Waals surface area (Å²) < 4.78 is 0. The molecule has 1 heterocycles. The summed E-state index contributed by atoms with van der Waals surface area (Å²) in [6.45, 7) is 2.14. The van der Waals surface area contributed by atoms with Gasteiger partial charge in [0.05, 0.1) is 5.69 Å². The summed E-state index contributed by atoms with van der Waals surface area (Å²) in [5.74, 6) is 0.771. The van der Waals surface area contributed by atoms with Crippen LogP contribution in [0.4, 0.5) is 0 Å². The van der Waals surface area contributed by atoms with Gasteiger partial charge in [0.2, 0.25) is 0 Å². The van der Waals surface area contributed by atoms with Gasteiger partial charge in [0.25, 0.3) is 0 Å². The maximum absolute atomic E-state index is 4.47. The van der Waals surface area contributed by atoms with E-state index in [1.54, 1.807) is 11.8 Å². The number of rotatable bonds is 3. The molecule has 0 amide bonds. The third-order valence-electron chi connectivity index (χ3n) is 3.56. The van der Waals surface area contributed by atoms with Crippen molar-refractivity contribution in [1.29, 1.82) is 0 Å². The van der Waals surface area contributed by atoms with E-state index in [-0.39, 0.29) is 0 Å². The Balaban J connectivity index is 2.18. The van der Waals surface area contributed by atoms with E-state index in [0.29, 0.717) is 0 Å². The lowest BCUT2D eigenvalue weighted by molar-refractivity contribution is 0.443. The van der Waals surface area contributed by atoms with Crippen LogP contribution in [0.5, 0.6) is 0 Å². The van der Waals surface area contributed by atoms with Gasteiger partial charge in [-0.05, 0) is 60.6 Å². The normalized spacial score (nSPS) is 18.4. The predicted molar refractivity (Wildman–Crippen MR) is 77.2 cm³/mol. The summed E-state index contributed by atoms with van der Waals surface area (Å²) in [5.41, 5.74) is 3.90. The van der Waals surface area contributed by atoms with Crippen molar-refractivity contribution >= 4 is 17.3 Å². The molecule has 1 fully saturated rings. The zero-order valence-corrected chi connectivity index (χ0v) is 11.6. The molecule has 0 unspecified atom stereocenters. The summed E-state index contributed by atoms with van der Waals surface area (Å²) in [4.78, 5) is 4.47. The lowest BCUT2D eigenvalue weighted by Crippen LogP contribution is -2.05. The number of nitrogens with zero attached hydrogens (tertiary/aromatic N) is 1. The van der Waals surface area contributed by atoms with Crippen LogP contribution in [0.3, 0.4) is 0 Å². The summed E-state index contributed by atoms with van der Waals surface area (Å²) in [7, 11) is 0. The second kappa shape index (κ2) is 6.25. The summed E-state index contributed by atoms with van der Waals surface area (Å²) >= 11 is 1.74. The highest BCUT2D eigenvalue weighted by Gasteiger charge is 2.15. The molecule has 0 atom stereocenters. The van der Waals surface area contributed by atoms with Crippen LogP contribution < -0.4 is 0 Å². The van der Waals surface area contributed by atoms with Crippen molar-refractivity contribution in [3.63, 3.8) is 0 Å². The predicted octanol–water partition coefficient (Wildman–Crippen LogP) is 4.85. The van der Waals surface area contributed by atoms with Gasteiger partial charge in [-0.1, -0.05) is 19.3 Å². The zero-order chi connectivity index (χ0) is 12.1. The second-order valence-corrected chi connectivity index (χ2v) is 5.55. The number of allylic oxidation sites excluding steroid dienone is 1. The van der Waals surface area contributed by atoms with Crippen molar-refractivity contribution in [1.82, 2.24) is 4.98 Å². The molecule has 0 aliphatic heterocycles. The minimum atomic E-state index is 0.771. The van der Waals surface area contributed by atoms with Crippen LogP contribution >= 0.6 is 11.8 Å². The molecule has 0 bridgehead atoms. The van der Waals surface area contributed by atoms with Crippen LogP contribution in [-0.4, -0.2) is 11.2 Å². The van der Waals surface area contributed by atoms with Gasteiger partial charge >= 0.3 is 0 Å². The molecule has 1 aromatic rings. The average Bonchev–Trinajstić information content (AvgIpc) is 2.40. The summed E-state index contributed by atoms with van der Waals surface area (Å²) in [6, 6.07) is 4.49. The summed E-state index contributed by atoms with van der Waals surface area (Å²) in [6.07, 6.45) is 11.0. The van der Waals surface area contributed by atoms with Gasteiger partial charge in [-0.15, -0.1) is 11.8 Å². The highest BCUT2D eigenvalue weighted by molar-refractivity contribution is 8.01. The molecule has 1 aromatic heterocycles. The largest absolute Gasteiger partial charge is 0.257 e. The number of thioether (sulfide) groups is 1. The molecule has 0 saturated heterocycles. The van der Waals surface area contributed by atoms with Gasteiger partial charge in [0, 0.05) is 6.20 Å². The molecule has 0 aromatic carbocycles. The number of hydrogen-bond donors (Lipinski definition) is 0. The molecule has 1 saturated carbocycles. The fourth-order valence-corrected chi connectivity index (χ4v) is 3.06. The van der Waals surface area contributed by atoms with Gasteiger partial charge in [-0.25, -0.2) is 0 Å². The van der Waals surface area contributed by atoms with E-state index >= 15 is 0 Å². The molecule has 0 radical (unpaired) electrons. The Bertz CT molecular complexity index is 392. The molecule has 2 heteroatoms. The highest BCUT2D eigenvalue weighted by Crippen LogP contribution is 2.33. The van der Waals surface area contributed by atoms with Gasteiger partial charge in [0.1, 0.15) is 0 Å².